The predicted molar refractivity (Wildman–Crippen MR) is 98.1 cm³/mol. The van der Waals surface area contributed by atoms with Crippen LogP contribution in [0.3, 0.4) is 0 Å². The molecule has 0 unspecified atom stereocenters. The van der Waals surface area contributed by atoms with Gasteiger partial charge in [0.2, 0.25) is 10.0 Å². The molecule has 0 radical (unpaired) electrons. The lowest BCUT2D eigenvalue weighted by Crippen LogP contribution is -2.41. The van der Waals surface area contributed by atoms with Crippen LogP contribution in [0, 0.1) is 19.8 Å². The molecule has 1 aromatic heterocycles. The molecule has 1 saturated heterocycles. The van der Waals surface area contributed by atoms with Gasteiger partial charge in [-0.2, -0.15) is 4.31 Å². The lowest BCUT2D eigenvalue weighted by Gasteiger charge is -2.32. The minimum absolute atomic E-state index is 0.223. The normalized spacial score (nSPS) is 19.0. The first-order valence-electron chi connectivity index (χ1n) is 8.85. The summed E-state index contributed by atoms with van der Waals surface area (Å²) in [5.74, 6) is 0.223. The van der Waals surface area contributed by atoms with E-state index in [0.29, 0.717) is 31.1 Å². The van der Waals surface area contributed by atoms with Crippen molar-refractivity contribution in [2.75, 3.05) is 20.2 Å². The van der Waals surface area contributed by atoms with Gasteiger partial charge in [-0.05, 0) is 49.8 Å². The van der Waals surface area contributed by atoms with Crippen molar-refractivity contribution >= 4 is 10.0 Å². The van der Waals surface area contributed by atoms with E-state index in [9.17, 15) is 8.42 Å². The van der Waals surface area contributed by atoms with Gasteiger partial charge in [-0.1, -0.05) is 17.3 Å². The van der Waals surface area contributed by atoms with E-state index < -0.39 is 10.0 Å². The minimum Gasteiger partial charge on any atom is -0.378 e. The smallest absolute Gasteiger partial charge is 0.243 e. The quantitative estimate of drug-likeness (QED) is 0.770. The highest BCUT2D eigenvalue weighted by Crippen LogP contribution is 2.27. The summed E-state index contributed by atoms with van der Waals surface area (Å²) in [6, 6.07) is 5.58. The Kier molecular flexibility index (Phi) is 5.74. The van der Waals surface area contributed by atoms with Crippen LogP contribution in [-0.4, -0.2) is 47.9 Å². The second-order valence-electron chi connectivity index (χ2n) is 7.01. The van der Waals surface area contributed by atoms with Crippen molar-refractivity contribution in [3.8, 4) is 0 Å². The third kappa shape index (κ3) is 4.13. The van der Waals surface area contributed by atoms with Gasteiger partial charge in [-0.25, -0.2) is 8.42 Å². The number of methoxy groups -OCH3 is 1. The average molecular weight is 378 g/mol. The summed E-state index contributed by atoms with van der Waals surface area (Å²) in [4.78, 5) is 0.418. The molecule has 1 aliphatic rings. The van der Waals surface area contributed by atoms with Crippen molar-refractivity contribution in [1.82, 2.24) is 19.3 Å². The first-order chi connectivity index (χ1) is 12.4. The van der Waals surface area contributed by atoms with Crippen LogP contribution in [0.4, 0.5) is 0 Å². The Morgan fingerprint density at radius 2 is 2.12 bits per heavy atom. The second kappa shape index (κ2) is 7.85. The number of hydrogen-bond donors (Lipinski definition) is 0. The molecule has 0 aliphatic carbocycles. The zero-order chi connectivity index (χ0) is 18.7. The molecule has 0 N–H and O–H groups in total. The molecule has 8 heteroatoms. The van der Waals surface area contributed by atoms with Gasteiger partial charge in [0.05, 0.1) is 17.7 Å². The Hall–Kier alpha value is -1.77. The summed E-state index contributed by atoms with van der Waals surface area (Å²) in [7, 11) is -1.85. The highest BCUT2D eigenvalue weighted by Gasteiger charge is 2.31. The number of aryl methyl sites for hydroxylation is 2. The van der Waals surface area contributed by atoms with Gasteiger partial charge in [-0.3, -0.25) is 4.68 Å². The molecule has 0 saturated carbocycles. The lowest BCUT2D eigenvalue weighted by molar-refractivity contribution is 0.181. The Morgan fingerprint density at radius 3 is 2.88 bits per heavy atom. The number of benzene rings is 1. The van der Waals surface area contributed by atoms with E-state index in [1.807, 2.05) is 32.2 Å². The average Bonchev–Trinajstić information content (AvgIpc) is 3.04. The maximum absolute atomic E-state index is 13.1. The Balaban J connectivity index is 1.73. The molecule has 26 heavy (non-hydrogen) atoms. The molecule has 1 fully saturated rings. The highest BCUT2D eigenvalue weighted by atomic mass is 32.2. The predicted octanol–water partition coefficient (Wildman–Crippen LogP) is 2.14. The molecule has 3 rings (SSSR count). The number of piperidine rings is 1. The maximum Gasteiger partial charge on any atom is 0.243 e. The van der Waals surface area contributed by atoms with E-state index in [4.69, 9.17) is 4.74 Å². The Labute approximate surface area is 155 Å². The van der Waals surface area contributed by atoms with Gasteiger partial charge in [-0.15, -0.1) is 5.10 Å². The fraction of sp³-hybridized carbons (Fsp3) is 0.556. The van der Waals surface area contributed by atoms with Gasteiger partial charge in [0, 0.05) is 26.7 Å². The van der Waals surface area contributed by atoms with E-state index in [-0.39, 0.29) is 5.92 Å². The van der Waals surface area contributed by atoms with Gasteiger partial charge in [0.15, 0.2) is 0 Å². The number of nitrogens with zero attached hydrogens (tertiary/aromatic N) is 4. The molecular weight excluding hydrogens is 352 g/mol. The van der Waals surface area contributed by atoms with Crippen LogP contribution in [0.1, 0.15) is 29.7 Å². The van der Waals surface area contributed by atoms with Gasteiger partial charge in [0.25, 0.3) is 0 Å². The first-order valence-corrected chi connectivity index (χ1v) is 10.3. The largest absolute Gasteiger partial charge is 0.378 e. The van der Waals surface area contributed by atoms with Crippen LogP contribution in [0.2, 0.25) is 0 Å². The van der Waals surface area contributed by atoms with E-state index >= 15 is 0 Å². The SMILES string of the molecule is COCc1cn(C[C@@H]2CCCN(S(=O)(=O)c3cc(C)ccc3C)C2)nn1. The topological polar surface area (TPSA) is 77.3 Å². The summed E-state index contributed by atoms with van der Waals surface area (Å²) in [6.07, 6.45) is 3.70. The molecule has 7 nitrogen and oxygen atoms in total. The fourth-order valence-corrected chi connectivity index (χ4v) is 5.29. The van der Waals surface area contributed by atoms with Crippen molar-refractivity contribution in [1.29, 1.82) is 0 Å². The molecule has 142 valence electrons. The minimum atomic E-state index is -3.48. The zero-order valence-electron chi connectivity index (χ0n) is 15.6. The summed E-state index contributed by atoms with van der Waals surface area (Å²) in [6.45, 7) is 5.93. The fourth-order valence-electron chi connectivity index (χ4n) is 3.42. The van der Waals surface area contributed by atoms with E-state index in [1.165, 1.54) is 0 Å². The molecule has 2 aromatic rings. The van der Waals surface area contributed by atoms with E-state index in [1.54, 1.807) is 22.2 Å². The van der Waals surface area contributed by atoms with Crippen molar-refractivity contribution < 1.29 is 13.2 Å². The van der Waals surface area contributed by atoms with E-state index in [2.05, 4.69) is 10.3 Å². The van der Waals surface area contributed by atoms with Crippen molar-refractivity contribution in [2.24, 2.45) is 5.92 Å². The van der Waals surface area contributed by atoms with Crippen LogP contribution in [-0.2, 0) is 27.9 Å². The van der Waals surface area contributed by atoms with Crippen molar-refractivity contribution in [2.45, 2.75) is 44.7 Å². The number of ether oxygens (including phenoxy) is 1. The molecule has 0 spiro atoms. The Morgan fingerprint density at radius 1 is 1.31 bits per heavy atom. The second-order valence-corrected chi connectivity index (χ2v) is 8.91. The number of rotatable bonds is 6. The number of aromatic nitrogens is 3. The van der Waals surface area contributed by atoms with Gasteiger partial charge in [0.1, 0.15) is 5.69 Å². The van der Waals surface area contributed by atoms with Gasteiger partial charge < -0.3 is 4.74 Å². The van der Waals surface area contributed by atoms with Crippen LogP contribution in [0.15, 0.2) is 29.3 Å². The summed E-state index contributed by atoms with van der Waals surface area (Å²) < 4.78 is 34.7. The monoisotopic (exact) mass is 378 g/mol. The third-order valence-corrected chi connectivity index (χ3v) is 6.77. The standard InChI is InChI=1S/C18H26N4O3S/c1-14-6-7-15(2)18(9-14)26(23,24)22-8-4-5-16(11-22)10-21-12-17(13-25-3)19-20-21/h6-7,9,12,16H,4-5,8,10-11,13H2,1-3H3/t16-/m0/s1. The molecule has 1 aromatic carbocycles. The summed E-state index contributed by atoms with van der Waals surface area (Å²) in [5.41, 5.74) is 2.53. The summed E-state index contributed by atoms with van der Waals surface area (Å²) in [5, 5.41) is 8.18. The van der Waals surface area contributed by atoms with Crippen LogP contribution in [0.5, 0.6) is 0 Å². The van der Waals surface area contributed by atoms with Crippen molar-refractivity contribution in [3.05, 3.63) is 41.2 Å². The van der Waals surface area contributed by atoms with Crippen LogP contribution in [0.25, 0.3) is 0 Å². The first kappa shape index (κ1) is 19.0. The molecular formula is C18H26N4O3S. The Bertz CT molecular complexity index is 863. The van der Waals surface area contributed by atoms with Crippen LogP contribution < -0.4 is 0 Å². The summed E-state index contributed by atoms with van der Waals surface area (Å²) >= 11 is 0. The van der Waals surface area contributed by atoms with Gasteiger partial charge >= 0.3 is 0 Å². The zero-order valence-corrected chi connectivity index (χ0v) is 16.4. The van der Waals surface area contributed by atoms with E-state index in [0.717, 1.165) is 29.7 Å². The molecule has 2 heterocycles. The lowest BCUT2D eigenvalue weighted by atomic mass is 10.00. The number of hydrogen-bond acceptors (Lipinski definition) is 5. The van der Waals surface area contributed by atoms with Crippen LogP contribution >= 0.6 is 0 Å². The molecule has 0 amide bonds. The third-order valence-electron chi connectivity index (χ3n) is 4.77. The van der Waals surface area contributed by atoms with Crippen molar-refractivity contribution in [3.63, 3.8) is 0 Å². The highest BCUT2D eigenvalue weighted by molar-refractivity contribution is 7.89. The maximum atomic E-state index is 13.1. The molecule has 0 bridgehead atoms. The number of sulfonamides is 1. The molecule has 1 aliphatic heterocycles. The molecule has 1 atom stereocenters.